The summed E-state index contributed by atoms with van der Waals surface area (Å²) >= 11 is 5.95. The summed E-state index contributed by atoms with van der Waals surface area (Å²) < 4.78 is 0. The smallest absolute Gasteiger partial charge is 0.304 e. The molecule has 3 heteroatoms. The molecule has 0 amide bonds. The van der Waals surface area contributed by atoms with Crippen LogP contribution in [-0.2, 0) is 17.6 Å². The molecule has 1 unspecified atom stereocenters. The van der Waals surface area contributed by atoms with Crippen LogP contribution in [0.1, 0.15) is 31.4 Å². The summed E-state index contributed by atoms with van der Waals surface area (Å²) in [6.45, 7) is 4.38. The van der Waals surface area contributed by atoms with E-state index in [1.807, 2.05) is 12.1 Å². The SMILES string of the molecule is CC(C)Cc1ccc(CC(Cl)CC(=O)O)cc1. The van der Waals surface area contributed by atoms with Gasteiger partial charge in [0.15, 0.2) is 0 Å². The maximum atomic E-state index is 10.5. The first-order valence-corrected chi connectivity index (χ1v) is 6.34. The number of rotatable bonds is 6. The van der Waals surface area contributed by atoms with Gasteiger partial charge in [-0.05, 0) is 29.9 Å². The third kappa shape index (κ3) is 5.73. The van der Waals surface area contributed by atoms with Crippen molar-refractivity contribution < 1.29 is 9.90 Å². The van der Waals surface area contributed by atoms with Gasteiger partial charge in [-0.1, -0.05) is 38.1 Å². The molecular weight excluding hydrogens is 236 g/mol. The average molecular weight is 255 g/mol. The lowest BCUT2D eigenvalue weighted by molar-refractivity contribution is -0.137. The molecule has 1 aromatic rings. The number of aliphatic carboxylic acids is 1. The topological polar surface area (TPSA) is 37.3 Å². The summed E-state index contributed by atoms with van der Waals surface area (Å²) in [6.07, 6.45) is 1.69. The largest absolute Gasteiger partial charge is 0.481 e. The number of halogens is 1. The first-order chi connectivity index (χ1) is 7.97. The molecule has 94 valence electrons. The maximum Gasteiger partial charge on any atom is 0.304 e. The highest BCUT2D eigenvalue weighted by molar-refractivity contribution is 6.21. The molecule has 1 N–H and O–H groups in total. The van der Waals surface area contributed by atoms with Crippen molar-refractivity contribution in [3.05, 3.63) is 35.4 Å². The Morgan fingerprint density at radius 2 is 1.65 bits per heavy atom. The van der Waals surface area contributed by atoms with Gasteiger partial charge in [-0.25, -0.2) is 0 Å². The molecule has 0 aromatic heterocycles. The van der Waals surface area contributed by atoms with Gasteiger partial charge in [0.2, 0.25) is 0 Å². The van der Waals surface area contributed by atoms with Crippen LogP contribution in [0.15, 0.2) is 24.3 Å². The van der Waals surface area contributed by atoms with Gasteiger partial charge in [-0.3, -0.25) is 4.79 Å². The number of benzene rings is 1. The van der Waals surface area contributed by atoms with Crippen LogP contribution in [0.4, 0.5) is 0 Å². The molecular formula is C14H19ClO2. The van der Waals surface area contributed by atoms with Gasteiger partial charge in [0.05, 0.1) is 6.42 Å². The van der Waals surface area contributed by atoms with Crippen LogP contribution in [0.2, 0.25) is 0 Å². The lowest BCUT2D eigenvalue weighted by Gasteiger charge is -2.09. The van der Waals surface area contributed by atoms with Crippen molar-refractivity contribution in [3.63, 3.8) is 0 Å². The Kier molecular flexibility index (Phi) is 5.49. The van der Waals surface area contributed by atoms with E-state index in [1.165, 1.54) is 5.56 Å². The molecule has 17 heavy (non-hydrogen) atoms. The third-order valence-corrected chi connectivity index (χ3v) is 2.83. The Hall–Kier alpha value is -1.02. The fraction of sp³-hybridized carbons (Fsp3) is 0.500. The van der Waals surface area contributed by atoms with Crippen LogP contribution < -0.4 is 0 Å². The first-order valence-electron chi connectivity index (χ1n) is 5.91. The average Bonchev–Trinajstić information content (AvgIpc) is 2.18. The van der Waals surface area contributed by atoms with Crippen LogP contribution in [0, 0.1) is 5.92 Å². The van der Waals surface area contributed by atoms with E-state index in [2.05, 4.69) is 26.0 Å². The minimum Gasteiger partial charge on any atom is -0.481 e. The van der Waals surface area contributed by atoms with Gasteiger partial charge in [0.1, 0.15) is 0 Å². The van der Waals surface area contributed by atoms with Gasteiger partial charge >= 0.3 is 5.97 Å². The van der Waals surface area contributed by atoms with Crippen molar-refractivity contribution in [2.24, 2.45) is 5.92 Å². The fourth-order valence-corrected chi connectivity index (χ4v) is 2.11. The van der Waals surface area contributed by atoms with E-state index in [0.717, 1.165) is 12.0 Å². The minimum absolute atomic E-state index is 0.00923. The Morgan fingerprint density at radius 3 is 2.06 bits per heavy atom. The van der Waals surface area contributed by atoms with E-state index in [4.69, 9.17) is 16.7 Å². The number of hydrogen-bond donors (Lipinski definition) is 1. The lowest BCUT2D eigenvalue weighted by atomic mass is 10.00. The van der Waals surface area contributed by atoms with Crippen LogP contribution >= 0.6 is 11.6 Å². The van der Waals surface area contributed by atoms with E-state index >= 15 is 0 Å². The monoisotopic (exact) mass is 254 g/mol. The molecule has 2 nitrogen and oxygen atoms in total. The van der Waals surface area contributed by atoms with Crippen molar-refractivity contribution in [1.29, 1.82) is 0 Å². The molecule has 0 aliphatic rings. The standard InChI is InChI=1S/C14H19ClO2/c1-10(2)7-11-3-5-12(6-4-11)8-13(15)9-14(16)17/h3-6,10,13H,7-9H2,1-2H3,(H,16,17). The molecule has 0 saturated carbocycles. The Bertz CT molecular complexity index is 357. The molecule has 0 saturated heterocycles. The summed E-state index contributed by atoms with van der Waals surface area (Å²) in [7, 11) is 0. The van der Waals surface area contributed by atoms with Crippen LogP contribution in [0.3, 0.4) is 0 Å². The molecule has 0 spiro atoms. The summed E-state index contributed by atoms with van der Waals surface area (Å²) in [5.74, 6) is -0.199. The highest BCUT2D eigenvalue weighted by Crippen LogP contribution is 2.14. The maximum absolute atomic E-state index is 10.5. The zero-order valence-corrected chi connectivity index (χ0v) is 11.1. The predicted molar refractivity (Wildman–Crippen MR) is 70.6 cm³/mol. The molecule has 0 radical (unpaired) electrons. The van der Waals surface area contributed by atoms with Crippen LogP contribution in [0.5, 0.6) is 0 Å². The molecule has 0 aliphatic carbocycles. The van der Waals surface area contributed by atoms with E-state index in [9.17, 15) is 4.79 Å². The first kappa shape index (κ1) is 14.0. The van der Waals surface area contributed by atoms with E-state index in [1.54, 1.807) is 0 Å². The van der Waals surface area contributed by atoms with Crippen molar-refractivity contribution in [2.75, 3.05) is 0 Å². The van der Waals surface area contributed by atoms with E-state index in [0.29, 0.717) is 12.3 Å². The van der Waals surface area contributed by atoms with Crippen molar-refractivity contribution >= 4 is 17.6 Å². The second-order valence-electron chi connectivity index (χ2n) is 4.81. The summed E-state index contributed by atoms with van der Waals surface area (Å²) in [6, 6.07) is 8.27. The molecule has 0 heterocycles. The lowest BCUT2D eigenvalue weighted by Crippen LogP contribution is -2.10. The molecule has 1 aromatic carbocycles. The second kappa shape index (κ2) is 6.65. The number of carboxylic acid groups (broad SMARTS) is 1. The Morgan fingerprint density at radius 1 is 1.18 bits per heavy atom. The summed E-state index contributed by atoms with van der Waals surface area (Å²) in [5, 5.41) is 8.29. The molecule has 0 aliphatic heterocycles. The van der Waals surface area contributed by atoms with E-state index < -0.39 is 5.97 Å². The van der Waals surface area contributed by atoms with Crippen LogP contribution in [-0.4, -0.2) is 16.5 Å². The molecule has 0 fully saturated rings. The van der Waals surface area contributed by atoms with Gasteiger partial charge in [0, 0.05) is 5.38 Å². The zero-order chi connectivity index (χ0) is 12.8. The van der Waals surface area contributed by atoms with E-state index in [-0.39, 0.29) is 11.8 Å². The van der Waals surface area contributed by atoms with Crippen molar-refractivity contribution in [2.45, 2.75) is 38.5 Å². The minimum atomic E-state index is -0.846. The Labute approximate surface area is 108 Å². The highest BCUT2D eigenvalue weighted by atomic mass is 35.5. The normalized spacial score (nSPS) is 12.7. The highest BCUT2D eigenvalue weighted by Gasteiger charge is 2.10. The number of carbonyl (C=O) groups is 1. The van der Waals surface area contributed by atoms with Gasteiger partial charge in [-0.2, -0.15) is 0 Å². The second-order valence-corrected chi connectivity index (χ2v) is 5.43. The fourth-order valence-electron chi connectivity index (χ4n) is 1.80. The van der Waals surface area contributed by atoms with Crippen molar-refractivity contribution in [3.8, 4) is 0 Å². The summed E-state index contributed by atoms with van der Waals surface area (Å²) in [4.78, 5) is 10.5. The predicted octanol–water partition coefficient (Wildman–Crippen LogP) is 3.51. The molecule has 1 rings (SSSR count). The van der Waals surface area contributed by atoms with Crippen LogP contribution in [0.25, 0.3) is 0 Å². The number of alkyl halides is 1. The number of hydrogen-bond acceptors (Lipinski definition) is 1. The van der Waals surface area contributed by atoms with Gasteiger partial charge in [0.25, 0.3) is 0 Å². The third-order valence-electron chi connectivity index (χ3n) is 2.52. The number of carboxylic acids is 1. The quantitative estimate of drug-likeness (QED) is 0.789. The van der Waals surface area contributed by atoms with Gasteiger partial charge in [-0.15, -0.1) is 11.6 Å². The van der Waals surface area contributed by atoms with Crippen molar-refractivity contribution in [1.82, 2.24) is 0 Å². The Balaban J connectivity index is 2.53. The molecule has 0 bridgehead atoms. The van der Waals surface area contributed by atoms with Gasteiger partial charge < -0.3 is 5.11 Å². The zero-order valence-electron chi connectivity index (χ0n) is 10.3. The molecule has 1 atom stereocenters. The summed E-state index contributed by atoms with van der Waals surface area (Å²) in [5.41, 5.74) is 2.41.